The largest absolute Gasteiger partial charge is 0.507 e. The Labute approximate surface area is 244 Å². The molecule has 1 aromatic heterocycles. The maximum atomic E-state index is 13.5. The Morgan fingerprint density at radius 1 is 1.05 bits per heavy atom. The second kappa shape index (κ2) is 12.5. The Hall–Kier alpha value is -4.22. The first-order chi connectivity index (χ1) is 19.9. The molecule has 1 atom stereocenters. The summed E-state index contributed by atoms with van der Waals surface area (Å²) in [6.07, 6.45) is 0.809. The van der Waals surface area contributed by atoms with Crippen LogP contribution in [0, 0.1) is 5.82 Å². The van der Waals surface area contributed by atoms with Crippen LogP contribution in [0.5, 0.6) is 11.5 Å². The molecule has 0 radical (unpaired) electrons. The van der Waals surface area contributed by atoms with Crippen LogP contribution in [-0.4, -0.2) is 40.7 Å². The lowest BCUT2D eigenvalue weighted by Gasteiger charge is -2.23. The zero-order valence-corrected chi connectivity index (χ0v) is 23.9. The number of halogens is 1. The van der Waals surface area contributed by atoms with Gasteiger partial charge in [0.15, 0.2) is 4.34 Å². The highest BCUT2D eigenvalue weighted by Crippen LogP contribution is 2.44. The van der Waals surface area contributed by atoms with Crippen LogP contribution in [0.15, 0.2) is 82.7 Å². The quantitative estimate of drug-likeness (QED) is 0.0744. The lowest BCUT2D eigenvalue weighted by atomic mass is 9.95. The van der Waals surface area contributed by atoms with Gasteiger partial charge >= 0.3 is 5.91 Å². The molecule has 1 saturated heterocycles. The number of aliphatic hydroxyl groups is 1. The van der Waals surface area contributed by atoms with Crippen LogP contribution in [0.2, 0.25) is 0 Å². The first-order valence-corrected chi connectivity index (χ1v) is 14.6. The number of nitrogens with zero attached hydrogens (tertiary/aromatic N) is 3. The van der Waals surface area contributed by atoms with Gasteiger partial charge in [0.05, 0.1) is 25.3 Å². The van der Waals surface area contributed by atoms with Crippen molar-refractivity contribution in [1.82, 2.24) is 10.2 Å². The van der Waals surface area contributed by atoms with Crippen LogP contribution in [-0.2, 0) is 15.3 Å². The summed E-state index contributed by atoms with van der Waals surface area (Å²) in [5, 5.41) is 20.0. The molecule has 0 bridgehead atoms. The topological polar surface area (TPSA) is 102 Å². The predicted octanol–water partition coefficient (Wildman–Crippen LogP) is 6.39. The highest BCUT2D eigenvalue weighted by molar-refractivity contribution is 8.00. The molecule has 1 fully saturated rings. The fraction of sp³-hybridized carbons (Fsp3) is 0.200. The maximum Gasteiger partial charge on any atom is 0.301 e. The van der Waals surface area contributed by atoms with Crippen molar-refractivity contribution in [2.24, 2.45) is 0 Å². The summed E-state index contributed by atoms with van der Waals surface area (Å²) in [6, 6.07) is 18.9. The minimum Gasteiger partial charge on any atom is -0.507 e. The van der Waals surface area contributed by atoms with Crippen LogP contribution in [0.1, 0.15) is 36.1 Å². The molecule has 11 heteroatoms. The Bertz CT molecular complexity index is 1590. The lowest BCUT2D eigenvalue weighted by Crippen LogP contribution is -2.29. The number of ether oxygens (including phenoxy) is 2. The second-order valence-electron chi connectivity index (χ2n) is 9.08. The number of amides is 1. The van der Waals surface area contributed by atoms with E-state index < -0.39 is 17.7 Å². The summed E-state index contributed by atoms with van der Waals surface area (Å²) in [5.74, 6) is -0.605. The number of carbonyl (C=O) groups is 2. The average molecular weight is 592 g/mol. The standard InChI is InChI=1S/C30H26FN3O5S2/c1-3-15-39-23-6-4-5-20(16-23)25-24(26(35)19-9-13-22(38-2)14-10-19)27(36)28(37)34(25)29-32-33-30(41-29)40-17-18-7-11-21(31)12-8-18/h4-14,16,25,35H,3,15,17H2,1-2H3. The van der Waals surface area contributed by atoms with Crippen LogP contribution >= 0.6 is 23.1 Å². The molecular weight excluding hydrogens is 565 g/mol. The number of hydrogen-bond donors (Lipinski definition) is 1. The highest BCUT2D eigenvalue weighted by atomic mass is 32.2. The van der Waals surface area contributed by atoms with Crippen molar-refractivity contribution in [2.75, 3.05) is 18.6 Å². The van der Waals surface area contributed by atoms with Gasteiger partial charge in [0.2, 0.25) is 5.13 Å². The van der Waals surface area contributed by atoms with Gasteiger partial charge in [0.1, 0.15) is 23.1 Å². The van der Waals surface area contributed by atoms with Crippen LogP contribution < -0.4 is 14.4 Å². The summed E-state index contributed by atoms with van der Waals surface area (Å²) in [6.45, 7) is 2.50. The minimum absolute atomic E-state index is 0.0662. The third-order valence-electron chi connectivity index (χ3n) is 6.33. The molecule has 0 spiro atoms. The fourth-order valence-electron chi connectivity index (χ4n) is 4.33. The van der Waals surface area contributed by atoms with E-state index in [0.717, 1.165) is 23.3 Å². The third-order valence-corrected chi connectivity index (χ3v) is 8.46. The summed E-state index contributed by atoms with van der Waals surface area (Å²) >= 11 is 2.54. The molecule has 0 aliphatic carbocycles. The Balaban J connectivity index is 1.54. The molecular formula is C30H26FN3O5S2. The van der Waals surface area contributed by atoms with Crippen molar-refractivity contribution in [3.63, 3.8) is 0 Å². The molecule has 41 heavy (non-hydrogen) atoms. The predicted molar refractivity (Wildman–Crippen MR) is 156 cm³/mol. The van der Waals surface area contributed by atoms with Crippen molar-refractivity contribution >= 4 is 45.7 Å². The van der Waals surface area contributed by atoms with Gasteiger partial charge in [-0.2, -0.15) is 0 Å². The molecule has 1 aliphatic heterocycles. The normalized spacial score (nSPS) is 16.3. The van der Waals surface area contributed by atoms with Gasteiger partial charge in [0.25, 0.3) is 5.78 Å². The van der Waals surface area contributed by atoms with Gasteiger partial charge in [0, 0.05) is 11.3 Å². The minimum atomic E-state index is -0.967. The number of benzene rings is 3. The molecule has 1 N–H and O–H groups in total. The number of rotatable bonds is 10. The fourth-order valence-corrected chi connectivity index (χ4v) is 6.15. The van der Waals surface area contributed by atoms with E-state index in [9.17, 15) is 19.1 Å². The van der Waals surface area contributed by atoms with E-state index in [1.807, 2.05) is 6.92 Å². The first kappa shape index (κ1) is 28.3. The molecule has 210 valence electrons. The first-order valence-electron chi connectivity index (χ1n) is 12.8. The number of aromatic nitrogens is 2. The molecule has 1 unspecified atom stereocenters. The number of methoxy groups -OCH3 is 1. The number of anilines is 1. The smallest absolute Gasteiger partial charge is 0.301 e. The van der Waals surface area contributed by atoms with Gasteiger partial charge in [-0.3, -0.25) is 14.5 Å². The van der Waals surface area contributed by atoms with E-state index in [1.165, 1.54) is 35.9 Å². The SMILES string of the molecule is CCCOc1cccc(C2C(=C(O)c3ccc(OC)cc3)C(=O)C(=O)N2c2nnc(SCc3ccc(F)cc3)s2)c1. The molecule has 1 aliphatic rings. The second-order valence-corrected chi connectivity index (χ2v) is 11.3. The number of carbonyl (C=O) groups excluding carboxylic acids is 2. The molecule has 1 amide bonds. The van der Waals surface area contributed by atoms with E-state index in [1.54, 1.807) is 60.7 Å². The third kappa shape index (κ3) is 6.10. The summed E-state index contributed by atoms with van der Waals surface area (Å²) in [5.41, 5.74) is 1.77. The lowest BCUT2D eigenvalue weighted by molar-refractivity contribution is -0.132. The van der Waals surface area contributed by atoms with Crippen LogP contribution in [0.3, 0.4) is 0 Å². The molecule has 0 saturated carbocycles. The van der Waals surface area contributed by atoms with Crippen molar-refractivity contribution in [1.29, 1.82) is 0 Å². The Kier molecular flexibility index (Phi) is 8.65. The number of aliphatic hydroxyl groups excluding tert-OH is 1. The van der Waals surface area contributed by atoms with Crippen molar-refractivity contribution in [3.8, 4) is 11.5 Å². The van der Waals surface area contributed by atoms with Gasteiger partial charge in [-0.1, -0.05) is 54.3 Å². The monoisotopic (exact) mass is 591 g/mol. The summed E-state index contributed by atoms with van der Waals surface area (Å²) in [4.78, 5) is 28.2. The molecule has 3 aromatic carbocycles. The zero-order valence-electron chi connectivity index (χ0n) is 22.2. The highest BCUT2D eigenvalue weighted by Gasteiger charge is 2.48. The van der Waals surface area contributed by atoms with E-state index in [4.69, 9.17) is 9.47 Å². The van der Waals surface area contributed by atoms with E-state index in [0.29, 0.717) is 39.3 Å². The van der Waals surface area contributed by atoms with Crippen molar-refractivity contribution in [3.05, 3.63) is 101 Å². The van der Waals surface area contributed by atoms with Crippen molar-refractivity contribution in [2.45, 2.75) is 29.5 Å². The summed E-state index contributed by atoms with van der Waals surface area (Å²) < 4.78 is 24.8. The van der Waals surface area contributed by atoms with E-state index >= 15 is 0 Å². The average Bonchev–Trinajstić information content (AvgIpc) is 3.57. The number of thioether (sulfide) groups is 1. The number of hydrogen-bond acceptors (Lipinski definition) is 9. The van der Waals surface area contributed by atoms with E-state index in [2.05, 4.69) is 10.2 Å². The van der Waals surface area contributed by atoms with Crippen molar-refractivity contribution < 1.29 is 28.6 Å². The number of ketones is 1. The molecule has 5 rings (SSSR count). The van der Waals surface area contributed by atoms with Crippen LogP contribution in [0.25, 0.3) is 5.76 Å². The van der Waals surface area contributed by atoms with Gasteiger partial charge in [-0.05, 0) is 66.1 Å². The van der Waals surface area contributed by atoms with Gasteiger partial charge in [-0.25, -0.2) is 4.39 Å². The number of Topliss-reactive ketones (excluding diaryl/α,β-unsaturated/α-hetero) is 1. The van der Waals surface area contributed by atoms with E-state index in [-0.39, 0.29) is 22.3 Å². The molecule has 8 nitrogen and oxygen atoms in total. The maximum absolute atomic E-state index is 13.5. The van der Waals surface area contributed by atoms with Crippen LogP contribution in [0.4, 0.5) is 9.52 Å². The molecule has 4 aromatic rings. The van der Waals surface area contributed by atoms with Gasteiger partial charge < -0.3 is 14.6 Å². The van der Waals surface area contributed by atoms with Gasteiger partial charge in [-0.15, -0.1) is 10.2 Å². The Morgan fingerprint density at radius 2 is 1.80 bits per heavy atom. The summed E-state index contributed by atoms with van der Waals surface area (Å²) in [7, 11) is 1.53. The molecule has 2 heterocycles. The Morgan fingerprint density at radius 3 is 2.51 bits per heavy atom. The zero-order chi connectivity index (χ0) is 28.9.